The van der Waals surface area contributed by atoms with Crippen molar-refractivity contribution in [2.75, 3.05) is 26.2 Å². The van der Waals surface area contributed by atoms with Crippen LogP contribution in [0.3, 0.4) is 0 Å². The van der Waals surface area contributed by atoms with Crippen molar-refractivity contribution in [1.29, 1.82) is 0 Å². The van der Waals surface area contributed by atoms with Crippen LogP contribution in [0.25, 0.3) is 0 Å². The minimum atomic E-state index is -0.170. The average Bonchev–Trinajstić information content (AvgIpc) is 3.16. The molecule has 2 aromatic carbocycles. The van der Waals surface area contributed by atoms with E-state index in [1.165, 1.54) is 18.4 Å². The number of halogens is 2. The van der Waals surface area contributed by atoms with Gasteiger partial charge < -0.3 is 10.1 Å². The number of hydrogen-bond acceptors (Lipinski definition) is 3. The van der Waals surface area contributed by atoms with Crippen LogP contribution in [0.4, 0.5) is 0 Å². The summed E-state index contributed by atoms with van der Waals surface area (Å²) in [6.45, 7) is 2.60. The van der Waals surface area contributed by atoms with Crippen molar-refractivity contribution in [1.82, 2.24) is 10.2 Å². The lowest BCUT2D eigenvalue weighted by atomic mass is 10.1. The quantitative estimate of drug-likeness (QED) is 0.762. The fourth-order valence-corrected chi connectivity index (χ4v) is 3.65. The van der Waals surface area contributed by atoms with Crippen LogP contribution in [0.5, 0.6) is 5.75 Å². The Kier molecular flexibility index (Phi) is 6.78. The number of hydrogen-bond donors (Lipinski definition) is 1. The van der Waals surface area contributed by atoms with E-state index in [0.29, 0.717) is 22.3 Å². The topological polar surface area (TPSA) is 41.6 Å². The predicted molar refractivity (Wildman–Crippen MR) is 105 cm³/mol. The zero-order chi connectivity index (χ0) is 18.4. The van der Waals surface area contributed by atoms with Gasteiger partial charge in [-0.25, -0.2) is 0 Å². The number of carbonyl (C=O) groups excluding carboxylic acids is 1. The first-order valence-corrected chi connectivity index (χ1v) is 9.52. The summed E-state index contributed by atoms with van der Waals surface area (Å²) in [6, 6.07) is 15.4. The third kappa shape index (κ3) is 5.13. The SMILES string of the molecule is O=C(COc1ccc(Cl)cc1Cl)NC[C@H](c1ccccc1)N1CCCC1. The molecular weight excluding hydrogens is 371 g/mol. The van der Waals surface area contributed by atoms with Gasteiger partial charge >= 0.3 is 0 Å². The summed E-state index contributed by atoms with van der Waals surface area (Å²) in [5, 5.41) is 3.91. The molecular formula is C20H22Cl2N2O2. The highest BCUT2D eigenvalue weighted by Crippen LogP contribution is 2.27. The number of ether oxygens (including phenoxy) is 1. The molecule has 0 unspecified atom stereocenters. The summed E-state index contributed by atoms with van der Waals surface area (Å²) in [5.74, 6) is 0.279. The van der Waals surface area contributed by atoms with Crippen LogP contribution in [0, 0.1) is 0 Å². The van der Waals surface area contributed by atoms with Gasteiger partial charge in [-0.2, -0.15) is 0 Å². The van der Waals surface area contributed by atoms with Gasteiger partial charge in [-0.3, -0.25) is 9.69 Å². The molecule has 1 aliphatic heterocycles. The molecule has 1 atom stereocenters. The van der Waals surface area contributed by atoms with Gasteiger partial charge in [-0.1, -0.05) is 53.5 Å². The van der Waals surface area contributed by atoms with Gasteiger partial charge in [-0.15, -0.1) is 0 Å². The molecule has 26 heavy (non-hydrogen) atoms. The summed E-state index contributed by atoms with van der Waals surface area (Å²) in [7, 11) is 0. The molecule has 1 amide bonds. The Labute approximate surface area is 164 Å². The lowest BCUT2D eigenvalue weighted by molar-refractivity contribution is -0.123. The van der Waals surface area contributed by atoms with Crippen molar-refractivity contribution >= 4 is 29.1 Å². The van der Waals surface area contributed by atoms with E-state index >= 15 is 0 Å². The van der Waals surface area contributed by atoms with E-state index in [1.807, 2.05) is 18.2 Å². The van der Waals surface area contributed by atoms with Crippen LogP contribution in [0.2, 0.25) is 10.0 Å². The molecule has 6 heteroatoms. The number of benzene rings is 2. The molecule has 138 valence electrons. The first-order chi connectivity index (χ1) is 12.6. The van der Waals surface area contributed by atoms with Crippen molar-refractivity contribution < 1.29 is 9.53 Å². The zero-order valence-electron chi connectivity index (χ0n) is 14.5. The Morgan fingerprint density at radius 3 is 2.54 bits per heavy atom. The maximum Gasteiger partial charge on any atom is 0.258 e. The van der Waals surface area contributed by atoms with E-state index in [4.69, 9.17) is 27.9 Å². The van der Waals surface area contributed by atoms with Gasteiger partial charge in [0.15, 0.2) is 6.61 Å². The molecule has 1 aliphatic rings. The van der Waals surface area contributed by atoms with Gasteiger partial charge in [0.1, 0.15) is 5.75 Å². The summed E-state index contributed by atoms with van der Waals surface area (Å²) in [4.78, 5) is 14.6. The first-order valence-electron chi connectivity index (χ1n) is 8.77. The van der Waals surface area contributed by atoms with Gasteiger partial charge in [-0.05, 0) is 49.7 Å². The number of likely N-dealkylation sites (tertiary alicyclic amines) is 1. The van der Waals surface area contributed by atoms with E-state index in [-0.39, 0.29) is 18.6 Å². The number of carbonyl (C=O) groups is 1. The van der Waals surface area contributed by atoms with Crippen molar-refractivity contribution in [2.45, 2.75) is 18.9 Å². The zero-order valence-corrected chi connectivity index (χ0v) is 16.0. The summed E-state index contributed by atoms with van der Waals surface area (Å²) >= 11 is 11.9. The van der Waals surface area contributed by atoms with E-state index < -0.39 is 0 Å². The Hall–Kier alpha value is -1.75. The second-order valence-electron chi connectivity index (χ2n) is 6.34. The molecule has 2 aromatic rings. The summed E-state index contributed by atoms with van der Waals surface area (Å²) < 4.78 is 5.50. The number of nitrogens with zero attached hydrogens (tertiary/aromatic N) is 1. The fraction of sp³-hybridized carbons (Fsp3) is 0.350. The Morgan fingerprint density at radius 1 is 1.12 bits per heavy atom. The monoisotopic (exact) mass is 392 g/mol. The average molecular weight is 393 g/mol. The Balaban J connectivity index is 1.55. The van der Waals surface area contributed by atoms with Crippen molar-refractivity contribution in [2.24, 2.45) is 0 Å². The van der Waals surface area contributed by atoms with Gasteiger partial charge in [0.2, 0.25) is 0 Å². The van der Waals surface area contributed by atoms with E-state index in [0.717, 1.165) is 13.1 Å². The second-order valence-corrected chi connectivity index (χ2v) is 7.18. The molecule has 0 bridgehead atoms. The van der Waals surface area contributed by atoms with Crippen molar-refractivity contribution in [3.63, 3.8) is 0 Å². The fourth-order valence-electron chi connectivity index (χ4n) is 3.18. The van der Waals surface area contributed by atoms with Gasteiger partial charge in [0.05, 0.1) is 11.1 Å². The smallest absolute Gasteiger partial charge is 0.258 e. The highest BCUT2D eigenvalue weighted by molar-refractivity contribution is 6.35. The van der Waals surface area contributed by atoms with Crippen LogP contribution >= 0.6 is 23.2 Å². The normalized spacial score (nSPS) is 15.6. The Bertz CT molecular complexity index is 734. The molecule has 0 spiro atoms. The van der Waals surface area contributed by atoms with Gasteiger partial charge in [0.25, 0.3) is 5.91 Å². The van der Waals surface area contributed by atoms with Crippen molar-refractivity contribution in [3.05, 3.63) is 64.1 Å². The van der Waals surface area contributed by atoms with Gasteiger partial charge in [0, 0.05) is 11.6 Å². The van der Waals surface area contributed by atoms with Crippen LogP contribution in [-0.4, -0.2) is 37.0 Å². The predicted octanol–water partition coefficient (Wildman–Crippen LogP) is 4.33. The van der Waals surface area contributed by atoms with E-state index in [1.54, 1.807) is 18.2 Å². The molecule has 1 saturated heterocycles. The molecule has 0 radical (unpaired) electrons. The van der Waals surface area contributed by atoms with E-state index in [9.17, 15) is 4.79 Å². The standard InChI is InChI=1S/C20H22Cl2N2O2/c21-16-8-9-19(17(22)12-16)26-14-20(25)23-13-18(24-10-4-5-11-24)15-6-2-1-3-7-15/h1-3,6-9,12,18H,4-5,10-11,13-14H2,(H,23,25)/t18-/m1/s1. The lowest BCUT2D eigenvalue weighted by Gasteiger charge is -2.28. The summed E-state index contributed by atoms with van der Waals surface area (Å²) in [5.41, 5.74) is 1.22. The molecule has 3 rings (SSSR count). The minimum absolute atomic E-state index is 0.0805. The first kappa shape index (κ1) is 19.0. The molecule has 1 fully saturated rings. The minimum Gasteiger partial charge on any atom is -0.482 e. The Morgan fingerprint density at radius 2 is 1.85 bits per heavy atom. The van der Waals surface area contributed by atoms with E-state index in [2.05, 4.69) is 22.3 Å². The largest absolute Gasteiger partial charge is 0.482 e. The summed E-state index contributed by atoms with van der Waals surface area (Å²) in [6.07, 6.45) is 2.41. The molecule has 4 nitrogen and oxygen atoms in total. The highest BCUT2D eigenvalue weighted by atomic mass is 35.5. The van der Waals surface area contributed by atoms with Crippen LogP contribution in [-0.2, 0) is 4.79 Å². The number of nitrogens with one attached hydrogen (secondary N) is 1. The van der Waals surface area contributed by atoms with Crippen LogP contribution in [0.15, 0.2) is 48.5 Å². The second kappa shape index (κ2) is 9.26. The van der Waals surface area contributed by atoms with Crippen molar-refractivity contribution in [3.8, 4) is 5.75 Å². The molecule has 0 aromatic heterocycles. The third-order valence-electron chi connectivity index (χ3n) is 4.51. The molecule has 0 aliphatic carbocycles. The maximum absolute atomic E-state index is 12.2. The molecule has 1 heterocycles. The lowest BCUT2D eigenvalue weighted by Crippen LogP contribution is -2.38. The number of amides is 1. The highest BCUT2D eigenvalue weighted by Gasteiger charge is 2.23. The third-order valence-corrected chi connectivity index (χ3v) is 5.04. The molecule has 1 N–H and O–H groups in total. The van der Waals surface area contributed by atoms with Crippen LogP contribution < -0.4 is 10.1 Å². The van der Waals surface area contributed by atoms with Crippen LogP contribution in [0.1, 0.15) is 24.4 Å². The molecule has 0 saturated carbocycles. The number of rotatable bonds is 7. The maximum atomic E-state index is 12.2.